The molecule has 0 aliphatic heterocycles. The van der Waals surface area contributed by atoms with E-state index in [9.17, 15) is 5.11 Å². The first-order valence-electron chi connectivity index (χ1n) is 7.01. The monoisotopic (exact) mass is 256 g/mol. The molecule has 0 spiro atoms. The van der Waals surface area contributed by atoms with Gasteiger partial charge in [0.1, 0.15) is 5.60 Å². The summed E-state index contributed by atoms with van der Waals surface area (Å²) in [5, 5.41) is 15.4. The van der Waals surface area contributed by atoms with E-state index in [4.69, 9.17) is 0 Å². The van der Waals surface area contributed by atoms with Crippen molar-refractivity contribution in [2.75, 3.05) is 0 Å². The first-order chi connectivity index (χ1) is 9.19. The van der Waals surface area contributed by atoms with Gasteiger partial charge in [0.2, 0.25) is 0 Å². The van der Waals surface area contributed by atoms with Crippen LogP contribution in [0.15, 0.2) is 42.6 Å². The van der Waals surface area contributed by atoms with E-state index in [2.05, 4.69) is 12.0 Å². The van der Waals surface area contributed by atoms with Crippen molar-refractivity contribution in [2.45, 2.75) is 38.2 Å². The number of aliphatic hydroxyl groups is 1. The summed E-state index contributed by atoms with van der Waals surface area (Å²) in [6.45, 7) is 2.22. The normalized spacial score (nSPS) is 27.4. The number of hydrogen-bond acceptors (Lipinski definition) is 2. The van der Waals surface area contributed by atoms with Crippen LogP contribution >= 0.6 is 0 Å². The Bertz CT molecular complexity index is 549. The van der Waals surface area contributed by atoms with Crippen LogP contribution in [0.25, 0.3) is 5.69 Å². The minimum atomic E-state index is -0.732. The molecule has 3 heteroatoms. The zero-order chi connectivity index (χ0) is 13.3. The van der Waals surface area contributed by atoms with Crippen LogP contribution in [0.3, 0.4) is 0 Å². The second-order valence-electron chi connectivity index (χ2n) is 5.70. The highest BCUT2D eigenvalue weighted by molar-refractivity contribution is 5.34. The van der Waals surface area contributed by atoms with Gasteiger partial charge in [-0.25, -0.2) is 4.68 Å². The molecule has 2 atom stereocenters. The second kappa shape index (κ2) is 4.82. The van der Waals surface area contributed by atoms with Gasteiger partial charge in [0.15, 0.2) is 0 Å². The van der Waals surface area contributed by atoms with Gasteiger partial charge in [0.05, 0.1) is 11.4 Å². The molecule has 1 aromatic carbocycles. The number of hydrogen-bond donors (Lipinski definition) is 1. The fourth-order valence-electron chi connectivity index (χ4n) is 3.19. The summed E-state index contributed by atoms with van der Waals surface area (Å²) < 4.78 is 1.87. The summed E-state index contributed by atoms with van der Waals surface area (Å²) in [5.41, 5.74) is 1.20. The van der Waals surface area contributed by atoms with Crippen molar-refractivity contribution in [1.29, 1.82) is 0 Å². The maximum atomic E-state index is 11.0. The van der Waals surface area contributed by atoms with Gasteiger partial charge in [-0.05, 0) is 43.4 Å². The zero-order valence-electron chi connectivity index (χ0n) is 11.3. The molecule has 1 saturated carbocycles. The van der Waals surface area contributed by atoms with Crippen LogP contribution in [0.2, 0.25) is 0 Å². The van der Waals surface area contributed by atoms with Gasteiger partial charge in [-0.2, -0.15) is 5.10 Å². The van der Waals surface area contributed by atoms with E-state index in [1.54, 1.807) is 6.20 Å². The van der Waals surface area contributed by atoms with E-state index < -0.39 is 5.60 Å². The summed E-state index contributed by atoms with van der Waals surface area (Å²) in [6.07, 6.45) is 5.72. The lowest BCUT2D eigenvalue weighted by molar-refractivity contribution is -0.0235. The molecule has 1 aliphatic rings. The average Bonchev–Trinajstić information content (AvgIpc) is 2.89. The molecule has 1 N–H and O–H groups in total. The minimum absolute atomic E-state index is 0.567. The van der Waals surface area contributed by atoms with Crippen LogP contribution in [0, 0.1) is 5.92 Å². The molecule has 1 fully saturated rings. The standard InChI is InChI=1S/C16H20N2O/c1-13-6-5-10-16(19,12-13)15-9-11-17-18(15)14-7-3-2-4-8-14/h2-4,7-9,11,13,19H,5-6,10,12H2,1H3. The molecule has 0 saturated heterocycles. The number of rotatable bonds is 2. The van der Waals surface area contributed by atoms with Gasteiger partial charge in [-0.15, -0.1) is 0 Å². The van der Waals surface area contributed by atoms with Crippen molar-refractivity contribution >= 4 is 0 Å². The molecule has 19 heavy (non-hydrogen) atoms. The van der Waals surface area contributed by atoms with Crippen molar-refractivity contribution in [1.82, 2.24) is 9.78 Å². The fraction of sp³-hybridized carbons (Fsp3) is 0.438. The van der Waals surface area contributed by atoms with Crippen molar-refractivity contribution < 1.29 is 5.11 Å². The lowest BCUT2D eigenvalue weighted by Crippen LogP contribution is -2.34. The molecule has 0 amide bonds. The first kappa shape index (κ1) is 12.4. The number of benzene rings is 1. The van der Waals surface area contributed by atoms with Gasteiger partial charge in [0.25, 0.3) is 0 Å². The predicted molar refractivity (Wildman–Crippen MR) is 75.1 cm³/mol. The van der Waals surface area contributed by atoms with Crippen LogP contribution in [-0.4, -0.2) is 14.9 Å². The lowest BCUT2D eigenvalue weighted by Gasteiger charge is -2.35. The van der Waals surface area contributed by atoms with Crippen LogP contribution in [-0.2, 0) is 5.60 Å². The zero-order valence-corrected chi connectivity index (χ0v) is 11.3. The van der Waals surface area contributed by atoms with Crippen molar-refractivity contribution in [3.63, 3.8) is 0 Å². The van der Waals surface area contributed by atoms with Gasteiger partial charge in [-0.3, -0.25) is 0 Å². The van der Waals surface area contributed by atoms with Crippen molar-refractivity contribution in [3.8, 4) is 5.69 Å². The number of para-hydroxylation sites is 1. The van der Waals surface area contributed by atoms with Gasteiger partial charge >= 0.3 is 0 Å². The van der Waals surface area contributed by atoms with Crippen molar-refractivity contribution in [3.05, 3.63) is 48.3 Å². The van der Waals surface area contributed by atoms with Gasteiger partial charge < -0.3 is 5.11 Å². The Balaban J connectivity index is 2.00. The smallest absolute Gasteiger partial charge is 0.107 e. The minimum Gasteiger partial charge on any atom is -0.384 e. The molecule has 0 radical (unpaired) electrons. The summed E-state index contributed by atoms with van der Waals surface area (Å²) in [7, 11) is 0. The first-order valence-corrected chi connectivity index (χ1v) is 7.01. The third-order valence-corrected chi connectivity index (χ3v) is 4.09. The van der Waals surface area contributed by atoms with E-state index in [0.29, 0.717) is 5.92 Å². The molecule has 100 valence electrons. The average molecular weight is 256 g/mol. The molecule has 2 aromatic rings. The summed E-state index contributed by atoms with van der Waals surface area (Å²) in [4.78, 5) is 0. The lowest BCUT2D eigenvalue weighted by atomic mass is 9.77. The van der Waals surface area contributed by atoms with E-state index in [1.807, 2.05) is 41.1 Å². The number of nitrogens with zero attached hydrogens (tertiary/aromatic N) is 2. The van der Waals surface area contributed by atoms with Gasteiger partial charge in [0, 0.05) is 6.20 Å². The fourth-order valence-corrected chi connectivity index (χ4v) is 3.19. The van der Waals surface area contributed by atoms with E-state index in [-0.39, 0.29) is 0 Å². The topological polar surface area (TPSA) is 38.1 Å². The van der Waals surface area contributed by atoms with Gasteiger partial charge in [-0.1, -0.05) is 31.5 Å². The number of aromatic nitrogens is 2. The third kappa shape index (κ3) is 2.30. The Morgan fingerprint density at radius 3 is 2.79 bits per heavy atom. The maximum Gasteiger partial charge on any atom is 0.107 e. The maximum absolute atomic E-state index is 11.0. The van der Waals surface area contributed by atoms with E-state index in [1.165, 1.54) is 6.42 Å². The highest BCUT2D eigenvalue weighted by Gasteiger charge is 2.37. The Hall–Kier alpha value is -1.61. The van der Waals surface area contributed by atoms with Crippen LogP contribution < -0.4 is 0 Å². The van der Waals surface area contributed by atoms with Crippen LogP contribution in [0.5, 0.6) is 0 Å². The highest BCUT2D eigenvalue weighted by Crippen LogP contribution is 2.40. The quantitative estimate of drug-likeness (QED) is 0.895. The Morgan fingerprint density at radius 1 is 1.26 bits per heavy atom. The molecular formula is C16H20N2O. The molecule has 3 nitrogen and oxygen atoms in total. The Labute approximate surface area is 113 Å². The van der Waals surface area contributed by atoms with E-state index in [0.717, 1.165) is 30.6 Å². The predicted octanol–water partition coefficient (Wildman–Crippen LogP) is 3.27. The molecule has 1 aromatic heterocycles. The summed E-state index contributed by atoms with van der Waals surface area (Å²) in [5.74, 6) is 0.567. The largest absolute Gasteiger partial charge is 0.384 e. The van der Waals surface area contributed by atoms with E-state index >= 15 is 0 Å². The Kier molecular flexibility index (Phi) is 3.15. The molecule has 1 aliphatic carbocycles. The molecule has 0 bridgehead atoms. The van der Waals surface area contributed by atoms with Crippen LogP contribution in [0.1, 0.15) is 38.3 Å². The summed E-state index contributed by atoms with van der Waals surface area (Å²) in [6, 6.07) is 12.0. The molecule has 2 unspecified atom stereocenters. The SMILES string of the molecule is CC1CCCC(O)(c2ccnn2-c2ccccc2)C1. The Morgan fingerprint density at radius 2 is 2.05 bits per heavy atom. The molecular weight excluding hydrogens is 236 g/mol. The van der Waals surface area contributed by atoms with Crippen molar-refractivity contribution in [2.24, 2.45) is 5.92 Å². The third-order valence-electron chi connectivity index (χ3n) is 4.09. The van der Waals surface area contributed by atoms with Crippen LogP contribution in [0.4, 0.5) is 0 Å². The second-order valence-corrected chi connectivity index (χ2v) is 5.70. The molecule has 1 heterocycles. The summed E-state index contributed by atoms with van der Waals surface area (Å²) >= 11 is 0. The molecule has 3 rings (SSSR count). The highest BCUT2D eigenvalue weighted by atomic mass is 16.3.